The number of carbonyl (C=O) groups is 2. The Morgan fingerprint density at radius 2 is 2.00 bits per heavy atom. The van der Waals surface area contributed by atoms with Gasteiger partial charge in [-0.3, -0.25) is 9.59 Å². The fraction of sp³-hybridized carbons (Fsp3) is 0.714. The van der Waals surface area contributed by atoms with Crippen LogP contribution in [0.1, 0.15) is 19.8 Å². The standard InChI is InChI=1S/C7H12O4/c1-5(9)7(11)3-2-6(10)4-8/h7-8,11H,2-4H2,1H3. The summed E-state index contributed by atoms with van der Waals surface area (Å²) in [6.07, 6.45) is -0.906. The average molecular weight is 160 g/mol. The average Bonchev–Trinajstić information content (AvgIpc) is 1.99. The van der Waals surface area contributed by atoms with Gasteiger partial charge in [-0.15, -0.1) is 0 Å². The summed E-state index contributed by atoms with van der Waals surface area (Å²) >= 11 is 0. The normalized spacial score (nSPS) is 12.6. The number of carbonyl (C=O) groups excluding carboxylic acids is 2. The van der Waals surface area contributed by atoms with Crippen LogP contribution in [0, 0.1) is 0 Å². The highest BCUT2D eigenvalue weighted by Crippen LogP contribution is 1.98. The summed E-state index contributed by atoms with van der Waals surface area (Å²) in [5.74, 6) is -0.707. The molecule has 0 spiro atoms. The molecule has 0 aliphatic rings. The van der Waals surface area contributed by atoms with Crippen molar-refractivity contribution in [2.75, 3.05) is 6.61 Å². The van der Waals surface area contributed by atoms with Crippen molar-refractivity contribution in [3.63, 3.8) is 0 Å². The number of aliphatic hydroxyl groups excluding tert-OH is 2. The first-order valence-electron chi connectivity index (χ1n) is 3.39. The third-order valence-corrected chi connectivity index (χ3v) is 1.34. The molecule has 2 N–H and O–H groups in total. The minimum absolute atomic E-state index is 0.0528. The molecule has 0 aromatic carbocycles. The first-order chi connectivity index (χ1) is 5.07. The van der Waals surface area contributed by atoms with Crippen LogP contribution in [0.5, 0.6) is 0 Å². The van der Waals surface area contributed by atoms with Crippen molar-refractivity contribution in [1.82, 2.24) is 0 Å². The Morgan fingerprint density at radius 3 is 2.36 bits per heavy atom. The molecule has 0 saturated heterocycles. The van der Waals surface area contributed by atoms with E-state index in [4.69, 9.17) is 10.2 Å². The Bertz CT molecular complexity index is 153. The first-order valence-corrected chi connectivity index (χ1v) is 3.39. The third-order valence-electron chi connectivity index (χ3n) is 1.34. The molecule has 11 heavy (non-hydrogen) atoms. The van der Waals surface area contributed by atoms with Crippen LogP contribution in [0.25, 0.3) is 0 Å². The van der Waals surface area contributed by atoms with E-state index in [9.17, 15) is 9.59 Å². The topological polar surface area (TPSA) is 74.6 Å². The number of ketones is 2. The molecule has 1 atom stereocenters. The maximum absolute atomic E-state index is 10.5. The summed E-state index contributed by atoms with van der Waals surface area (Å²) in [4.78, 5) is 20.9. The van der Waals surface area contributed by atoms with Crippen LogP contribution in [0.15, 0.2) is 0 Å². The van der Waals surface area contributed by atoms with Crippen LogP contribution in [0.2, 0.25) is 0 Å². The number of Topliss-reactive ketones (excluding diaryl/α,β-unsaturated/α-hetero) is 2. The van der Waals surface area contributed by atoms with Crippen LogP contribution in [-0.4, -0.2) is 34.5 Å². The molecule has 0 aromatic rings. The molecule has 0 aromatic heterocycles. The molecule has 0 fully saturated rings. The second kappa shape index (κ2) is 4.98. The lowest BCUT2D eigenvalue weighted by molar-refractivity contribution is -0.126. The smallest absolute Gasteiger partial charge is 0.158 e. The lowest BCUT2D eigenvalue weighted by Gasteiger charge is -2.03. The molecule has 0 heterocycles. The van der Waals surface area contributed by atoms with E-state index in [1.54, 1.807) is 0 Å². The predicted molar refractivity (Wildman–Crippen MR) is 38.0 cm³/mol. The molecule has 4 nitrogen and oxygen atoms in total. The number of aliphatic hydroxyl groups is 2. The molecule has 0 saturated carbocycles. The highest BCUT2D eigenvalue weighted by atomic mass is 16.3. The monoisotopic (exact) mass is 160 g/mol. The Labute approximate surface area is 64.8 Å². The largest absolute Gasteiger partial charge is 0.389 e. The number of hydrogen-bond acceptors (Lipinski definition) is 4. The molecular formula is C7H12O4. The molecule has 0 bridgehead atoms. The van der Waals surface area contributed by atoms with Crippen molar-refractivity contribution in [2.24, 2.45) is 0 Å². The highest BCUT2D eigenvalue weighted by Gasteiger charge is 2.10. The van der Waals surface area contributed by atoms with E-state index in [0.717, 1.165) is 0 Å². The van der Waals surface area contributed by atoms with Crippen LogP contribution in [0.3, 0.4) is 0 Å². The minimum atomic E-state index is -1.06. The van der Waals surface area contributed by atoms with Gasteiger partial charge in [-0.1, -0.05) is 0 Å². The zero-order valence-corrected chi connectivity index (χ0v) is 6.41. The quantitative estimate of drug-likeness (QED) is 0.556. The lowest BCUT2D eigenvalue weighted by Crippen LogP contribution is -2.18. The van der Waals surface area contributed by atoms with Gasteiger partial charge in [0.05, 0.1) is 0 Å². The second-order valence-electron chi connectivity index (χ2n) is 2.36. The van der Waals surface area contributed by atoms with Gasteiger partial charge in [-0.05, 0) is 13.3 Å². The van der Waals surface area contributed by atoms with Crippen molar-refractivity contribution < 1.29 is 19.8 Å². The molecule has 0 aliphatic heterocycles. The maximum Gasteiger partial charge on any atom is 0.158 e. The summed E-state index contributed by atoms with van der Waals surface area (Å²) in [5, 5.41) is 17.2. The fourth-order valence-electron chi connectivity index (χ4n) is 0.580. The molecular weight excluding hydrogens is 148 g/mol. The SMILES string of the molecule is CC(=O)C(O)CCC(=O)CO. The van der Waals surface area contributed by atoms with Crippen LogP contribution >= 0.6 is 0 Å². The van der Waals surface area contributed by atoms with E-state index < -0.39 is 12.7 Å². The van der Waals surface area contributed by atoms with Crippen molar-refractivity contribution in [3.05, 3.63) is 0 Å². The van der Waals surface area contributed by atoms with Gasteiger partial charge in [0.1, 0.15) is 12.7 Å². The summed E-state index contributed by atoms with van der Waals surface area (Å²) in [6, 6.07) is 0. The minimum Gasteiger partial charge on any atom is -0.389 e. The van der Waals surface area contributed by atoms with Crippen molar-refractivity contribution >= 4 is 11.6 Å². The van der Waals surface area contributed by atoms with Crippen LogP contribution in [0.4, 0.5) is 0 Å². The Hall–Kier alpha value is -0.740. The van der Waals surface area contributed by atoms with Gasteiger partial charge in [-0.2, -0.15) is 0 Å². The van der Waals surface area contributed by atoms with Gasteiger partial charge < -0.3 is 10.2 Å². The number of hydrogen-bond donors (Lipinski definition) is 2. The van der Waals surface area contributed by atoms with E-state index in [1.807, 2.05) is 0 Å². The zero-order valence-electron chi connectivity index (χ0n) is 6.41. The maximum atomic E-state index is 10.5. The van der Waals surface area contributed by atoms with E-state index in [0.29, 0.717) is 0 Å². The second-order valence-corrected chi connectivity index (χ2v) is 2.36. The summed E-state index contributed by atoms with van der Waals surface area (Å²) in [5.41, 5.74) is 0. The van der Waals surface area contributed by atoms with Crippen LogP contribution in [-0.2, 0) is 9.59 Å². The van der Waals surface area contributed by atoms with Crippen molar-refractivity contribution in [1.29, 1.82) is 0 Å². The molecule has 0 radical (unpaired) electrons. The Morgan fingerprint density at radius 1 is 1.45 bits per heavy atom. The van der Waals surface area contributed by atoms with Gasteiger partial charge in [-0.25, -0.2) is 0 Å². The Kier molecular flexibility index (Phi) is 4.65. The zero-order chi connectivity index (χ0) is 8.85. The molecule has 1 unspecified atom stereocenters. The fourth-order valence-corrected chi connectivity index (χ4v) is 0.580. The summed E-state index contributed by atoms with van der Waals surface area (Å²) < 4.78 is 0. The first kappa shape index (κ1) is 10.3. The molecule has 64 valence electrons. The van der Waals surface area contributed by atoms with Gasteiger partial charge in [0.2, 0.25) is 0 Å². The van der Waals surface area contributed by atoms with Gasteiger partial charge >= 0.3 is 0 Å². The number of rotatable bonds is 5. The molecule has 0 amide bonds. The highest BCUT2D eigenvalue weighted by molar-refractivity contribution is 5.82. The molecule has 0 aliphatic carbocycles. The van der Waals surface area contributed by atoms with E-state index in [2.05, 4.69) is 0 Å². The lowest BCUT2D eigenvalue weighted by atomic mass is 10.1. The van der Waals surface area contributed by atoms with Crippen molar-refractivity contribution in [2.45, 2.75) is 25.9 Å². The third kappa shape index (κ3) is 4.64. The van der Waals surface area contributed by atoms with Gasteiger partial charge in [0.15, 0.2) is 11.6 Å². The predicted octanol–water partition coefficient (Wildman–Crippen LogP) is -0.722. The van der Waals surface area contributed by atoms with E-state index >= 15 is 0 Å². The van der Waals surface area contributed by atoms with Crippen LogP contribution < -0.4 is 0 Å². The summed E-state index contributed by atoms with van der Waals surface area (Å²) in [7, 11) is 0. The summed E-state index contributed by atoms with van der Waals surface area (Å²) in [6.45, 7) is 0.735. The van der Waals surface area contributed by atoms with Gasteiger partial charge in [0.25, 0.3) is 0 Å². The molecule has 4 heteroatoms. The van der Waals surface area contributed by atoms with E-state index in [-0.39, 0.29) is 24.4 Å². The molecule has 0 rings (SSSR count). The van der Waals surface area contributed by atoms with Crippen molar-refractivity contribution in [3.8, 4) is 0 Å². The van der Waals surface area contributed by atoms with Gasteiger partial charge in [0, 0.05) is 6.42 Å². The Balaban J connectivity index is 3.54. The van der Waals surface area contributed by atoms with E-state index in [1.165, 1.54) is 6.92 Å².